The molecule has 4 rings (SSSR count). The molecule has 0 bridgehead atoms. The minimum atomic E-state index is -3.54. The third-order valence-electron chi connectivity index (χ3n) is 6.17. The molecule has 1 fully saturated rings. The van der Waals surface area contributed by atoms with Crippen LogP contribution in [-0.4, -0.2) is 69.3 Å². The van der Waals surface area contributed by atoms with E-state index in [9.17, 15) is 18.0 Å². The summed E-state index contributed by atoms with van der Waals surface area (Å²) in [4.78, 5) is 28.5. The summed E-state index contributed by atoms with van der Waals surface area (Å²) < 4.78 is 32.2. The van der Waals surface area contributed by atoms with Crippen molar-refractivity contribution in [3.05, 3.63) is 45.8 Å². The number of hydrogen-bond acceptors (Lipinski definition) is 7. The molecule has 33 heavy (non-hydrogen) atoms. The number of nitrogens with zero attached hydrogens (tertiary/aromatic N) is 2. The highest BCUT2D eigenvalue weighted by atomic mass is 32.2. The number of sulfonamides is 1. The van der Waals surface area contributed by atoms with Crippen molar-refractivity contribution in [2.24, 2.45) is 0 Å². The summed E-state index contributed by atoms with van der Waals surface area (Å²) in [5, 5.41) is 3.46. The van der Waals surface area contributed by atoms with Crippen LogP contribution in [0.2, 0.25) is 0 Å². The van der Waals surface area contributed by atoms with Gasteiger partial charge in [-0.1, -0.05) is 17.7 Å². The zero-order chi connectivity index (χ0) is 23.6. The van der Waals surface area contributed by atoms with Gasteiger partial charge in [0.05, 0.1) is 24.1 Å². The number of nitrogens with one attached hydrogen (secondary N) is 1. The maximum atomic E-state index is 12.9. The van der Waals surface area contributed by atoms with Crippen LogP contribution in [0.15, 0.2) is 29.2 Å². The molecule has 1 aliphatic carbocycles. The summed E-state index contributed by atoms with van der Waals surface area (Å²) in [5.74, 6) is -0.631. The number of carbonyl (C=O) groups is 2. The number of carbonyl (C=O) groups excluding carboxylic acids is 2. The highest BCUT2D eigenvalue weighted by Gasteiger charge is 2.30. The Hall–Kier alpha value is -2.27. The number of ether oxygens (including phenoxy) is 1. The molecule has 1 N–H and O–H groups in total. The van der Waals surface area contributed by atoms with Crippen LogP contribution in [0.4, 0.5) is 5.00 Å². The van der Waals surface area contributed by atoms with Gasteiger partial charge in [-0.05, 0) is 50.3 Å². The van der Waals surface area contributed by atoms with Crippen LogP contribution in [0.5, 0.6) is 0 Å². The van der Waals surface area contributed by atoms with Crippen molar-refractivity contribution in [2.45, 2.75) is 37.5 Å². The number of anilines is 1. The van der Waals surface area contributed by atoms with Gasteiger partial charge in [0.1, 0.15) is 5.00 Å². The van der Waals surface area contributed by atoms with Crippen molar-refractivity contribution in [1.29, 1.82) is 0 Å². The second-order valence-corrected chi connectivity index (χ2v) is 11.5. The van der Waals surface area contributed by atoms with E-state index < -0.39 is 16.0 Å². The van der Waals surface area contributed by atoms with Gasteiger partial charge in [-0.3, -0.25) is 9.69 Å². The molecule has 1 aromatic heterocycles. The summed E-state index contributed by atoms with van der Waals surface area (Å²) in [5.41, 5.74) is 2.50. The van der Waals surface area contributed by atoms with E-state index in [-0.39, 0.29) is 17.3 Å². The number of rotatable bonds is 6. The van der Waals surface area contributed by atoms with E-state index in [4.69, 9.17) is 4.74 Å². The lowest BCUT2D eigenvalue weighted by Crippen LogP contribution is -2.50. The lowest BCUT2D eigenvalue weighted by atomic mass is 9.95. The minimum absolute atomic E-state index is 0.140. The number of piperazine rings is 1. The number of aryl methyl sites for hydroxylation is 2. The first kappa shape index (κ1) is 23.9. The Balaban J connectivity index is 1.37. The van der Waals surface area contributed by atoms with Crippen molar-refractivity contribution < 1.29 is 22.7 Å². The zero-order valence-corrected chi connectivity index (χ0v) is 20.6. The topological polar surface area (TPSA) is 96.0 Å². The molecule has 0 saturated carbocycles. The van der Waals surface area contributed by atoms with E-state index in [1.54, 1.807) is 24.3 Å². The van der Waals surface area contributed by atoms with Crippen LogP contribution < -0.4 is 5.32 Å². The van der Waals surface area contributed by atoms with Gasteiger partial charge in [0, 0.05) is 31.1 Å². The number of amides is 1. The summed E-state index contributed by atoms with van der Waals surface area (Å²) in [6.45, 7) is 3.63. The predicted molar refractivity (Wildman–Crippen MR) is 127 cm³/mol. The number of hydrogen-bond donors (Lipinski definition) is 1. The molecule has 1 amide bonds. The van der Waals surface area contributed by atoms with Crippen molar-refractivity contribution >= 4 is 38.2 Å². The predicted octanol–water partition coefficient (Wildman–Crippen LogP) is 2.67. The molecule has 2 heterocycles. The first-order chi connectivity index (χ1) is 15.8. The van der Waals surface area contributed by atoms with Gasteiger partial charge in [0.2, 0.25) is 15.9 Å². The largest absolute Gasteiger partial charge is 0.465 e. The molecule has 178 valence electrons. The number of thiophene rings is 1. The van der Waals surface area contributed by atoms with E-state index >= 15 is 0 Å². The Morgan fingerprint density at radius 2 is 1.73 bits per heavy atom. The molecule has 1 saturated heterocycles. The van der Waals surface area contributed by atoms with Crippen LogP contribution in [0.3, 0.4) is 0 Å². The van der Waals surface area contributed by atoms with Gasteiger partial charge >= 0.3 is 5.97 Å². The van der Waals surface area contributed by atoms with Crippen molar-refractivity contribution in [2.75, 3.05) is 45.2 Å². The molecule has 2 aromatic rings. The monoisotopic (exact) mass is 491 g/mol. The fourth-order valence-electron chi connectivity index (χ4n) is 4.33. The normalized spacial score (nSPS) is 17.4. The zero-order valence-electron chi connectivity index (χ0n) is 18.9. The molecule has 10 heteroatoms. The number of esters is 1. The van der Waals surface area contributed by atoms with Gasteiger partial charge in [-0.25, -0.2) is 13.2 Å². The number of benzene rings is 1. The van der Waals surface area contributed by atoms with E-state index in [2.05, 4.69) is 5.32 Å². The molecule has 1 aliphatic heterocycles. The Bertz CT molecular complexity index is 1130. The van der Waals surface area contributed by atoms with Crippen molar-refractivity contribution in [1.82, 2.24) is 9.21 Å². The van der Waals surface area contributed by atoms with Crippen LogP contribution in [0.25, 0.3) is 0 Å². The van der Waals surface area contributed by atoms with Crippen LogP contribution in [0.1, 0.15) is 39.2 Å². The second-order valence-electron chi connectivity index (χ2n) is 8.45. The SMILES string of the molecule is COC(=O)c1c(NC(=O)CN2CCN(S(=O)(=O)c3ccc(C)cc3)CC2)sc2c1CCCC2. The van der Waals surface area contributed by atoms with Gasteiger partial charge in [0.25, 0.3) is 0 Å². The first-order valence-corrected chi connectivity index (χ1v) is 13.4. The number of methoxy groups -OCH3 is 1. The molecule has 8 nitrogen and oxygen atoms in total. The smallest absolute Gasteiger partial charge is 0.341 e. The van der Waals surface area contributed by atoms with Gasteiger partial charge in [-0.15, -0.1) is 11.3 Å². The van der Waals surface area contributed by atoms with Crippen molar-refractivity contribution in [3.8, 4) is 0 Å². The molecule has 0 radical (unpaired) electrons. The molecular weight excluding hydrogens is 462 g/mol. The van der Waals surface area contributed by atoms with E-state index in [0.29, 0.717) is 36.7 Å². The van der Waals surface area contributed by atoms with Crippen molar-refractivity contribution in [3.63, 3.8) is 0 Å². The molecule has 1 aromatic carbocycles. The third-order valence-corrected chi connectivity index (χ3v) is 9.29. The lowest BCUT2D eigenvalue weighted by Gasteiger charge is -2.33. The molecule has 0 atom stereocenters. The maximum absolute atomic E-state index is 12.9. The van der Waals surface area contributed by atoms with E-state index in [0.717, 1.165) is 41.7 Å². The lowest BCUT2D eigenvalue weighted by molar-refractivity contribution is -0.117. The Kier molecular flexibility index (Phi) is 7.18. The molecule has 0 unspecified atom stereocenters. The fraction of sp³-hybridized carbons (Fsp3) is 0.478. The molecule has 0 spiro atoms. The Labute approximate surface area is 198 Å². The average Bonchev–Trinajstić information content (AvgIpc) is 3.16. The first-order valence-electron chi connectivity index (χ1n) is 11.1. The van der Waals surface area contributed by atoms with Crippen LogP contribution in [0, 0.1) is 6.92 Å². The average molecular weight is 492 g/mol. The highest BCUT2D eigenvalue weighted by molar-refractivity contribution is 7.89. The van der Waals surface area contributed by atoms with Crippen LogP contribution >= 0.6 is 11.3 Å². The minimum Gasteiger partial charge on any atom is -0.465 e. The summed E-state index contributed by atoms with van der Waals surface area (Å²) in [6, 6.07) is 6.84. The van der Waals surface area contributed by atoms with Gasteiger partial charge in [-0.2, -0.15) is 4.31 Å². The van der Waals surface area contributed by atoms with E-state index in [1.165, 1.54) is 22.8 Å². The maximum Gasteiger partial charge on any atom is 0.341 e. The number of fused-ring (bicyclic) bond motifs is 1. The Morgan fingerprint density at radius 1 is 1.06 bits per heavy atom. The van der Waals surface area contributed by atoms with Gasteiger partial charge < -0.3 is 10.1 Å². The van der Waals surface area contributed by atoms with Crippen LogP contribution in [-0.2, 0) is 32.4 Å². The van der Waals surface area contributed by atoms with E-state index in [1.807, 2.05) is 11.8 Å². The quantitative estimate of drug-likeness (QED) is 0.624. The highest BCUT2D eigenvalue weighted by Crippen LogP contribution is 2.38. The Morgan fingerprint density at radius 3 is 2.39 bits per heavy atom. The standard InChI is InChI=1S/C23H29N3O5S2/c1-16-7-9-17(10-8-16)33(29,30)26-13-11-25(12-14-26)15-20(27)24-22-21(23(28)31-2)18-5-3-4-6-19(18)32-22/h7-10H,3-6,11-15H2,1-2H3,(H,24,27). The second kappa shape index (κ2) is 9.92. The molecular formula is C23H29N3O5S2. The fourth-order valence-corrected chi connectivity index (χ4v) is 7.04. The van der Waals surface area contributed by atoms with Gasteiger partial charge in [0.15, 0.2) is 0 Å². The summed E-state index contributed by atoms with van der Waals surface area (Å²) in [6.07, 6.45) is 3.84. The molecule has 2 aliphatic rings. The summed E-state index contributed by atoms with van der Waals surface area (Å²) >= 11 is 1.46. The third kappa shape index (κ3) is 5.13. The summed E-state index contributed by atoms with van der Waals surface area (Å²) in [7, 11) is -2.19.